The molecule has 112 valence electrons. The molecule has 0 aromatic heterocycles. The molecule has 1 aliphatic rings. The number of rotatable bonds is 4. The first-order valence-corrected chi connectivity index (χ1v) is 8.06. The van der Waals surface area contributed by atoms with E-state index < -0.39 is 0 Å². The van der Waals surface area contributed by atoms with Crippen LogP contribution in [-0.2, 0) is 6.54 Å². The van der Waals surface area contributed by atoms with E-state index in [1.807, 2.05) is 0 Å². The third kappa shape index (κ3) is 3.63. The zero-order chi connectivity index (χ0) is 14.7. The van der Waals surface area contributed by atoms with Gasteiger partial charge in [-0.05, 0) is 55.7 Å². The van der Waals surface area contributed by atoms with E-state index in [1.165, 1.54) is 48.8 Å². The summed E-state index contributed by atoms with van der Waals surface area (Å²) in [5.41, 5.74) is 1.44. The molecule has 0 amide bonds. The average Bonchev–Trinajstić information content (AvgIpc) is 2.47. The second-order valence-corrected chi connectivity index (χ2v) is 6.61. The number of fused-ring (bicyclic) bond motifs is 1. The van der Waals surface area contributed by atoms with Crippen molar-refractivity contribution in [1.82, 2.24) is 9.80 Å². The van der Waals surface area contributed by atoms with Gasteiger partial charge in [0.15, 0.2) is 0 Å². The van der Waals surface area contributed by atoms with Crippen LogP contribution in [0.2, 0.25) is 0 Å². The van der Waals surface area contributed by atoms with E-state index >= 15 is 0 Å². The summed E-state index contributed by atoms with van der Waals surface area (Å²) in [7, 11) is 4.51. The highest BCUT2D eigenvalue weighted by Crippen LogP contribution is 2.21. The maximum atomic E-state index is 2.49. The molecule has 1 atom stereocenters. The van der Waals surface area contributed by atoms with Crippen LogP contribution < -0.4 is 0 Å². The molecule has 0 aliphatic carbocycles. The van der Waals surface area contributed by atoms with Gasteiger partial charge in [0, 0.05) is 19.6 Å². The van der Waals surface area contributed by atoms with Crippen molar-refractivity contribution in [3.63, 3.8) is 0 Å². The Kier molecular flexibility index (Phi) is 4.57. The van der Waals surface area contributed by atoms with Crippen molar-refractivity contribution < 1.29 is 0 Å². The van der Waals surface area contributed by atoms with Gasteiger partial charge in [-0.3, -0.25) is 0 Å². The van der Waals surface area contributed by atoms with Crippen LogP contribution in [0.3, 0.4) is 0 Å². The van der Waals surface area contributed by atoms with Gasteiger partial charge in [-0.15, -0.1) is 0 Å². The standard InChI is InChI=1S/C19H26N2/c1-20-12-6-7-16(13-20)14-21(2)15-18-10-5-9-17-8-3-4-11-19(17)18/h3-5,8-11,16H,6-7,12-15H2,1-2H3. The first-order chi connectivity index (χ1) is 10.2. The van der Waals surface area contributed by atoms with Crippen LogP contribution in [-0.4, -0.2) is 43.5 Å². The highest BCUT2D eigenvalue weighted by Gasteiger charge is 2.18. The molecule has 1 aliphatic heterocycles. The number of benzene rings is 2. The highest BCUT2D eigenvalue weighted by atomic mass is 15.1. The Morgan fingerprint density at radius 1 is 1.14 bits per heavy atom. The van der Waals surface area contributed by atoms with Crippen molar-refractivity contribution in [2.75, 3.05) is 33.7 Å². The minimum absolute atomic E-state index is 0.823. The van der Waals surface area contributed by atoms with E-state index in [9.17, 15) is 0 Å². The van der Waals surface area contributed by atoms with E-state index in [2.05, 4.69) is 66.4 Å². The Hall–Kier alpha value is -1.38. The van der Waals surface area contributed by atoms with Gasteiger partial charge >= 0.3 is 0 Å². The molecular weight excluding hydrogens is 256 g/mol. The van der Waals surface area contributed by atoms with Crippen LogP contribution in [0.1, 0.15) is 18.4 Å². The van der Waals surface area contributed by atoms with Crippen molar-refractivity contribution in [3.05, 3.63) is 48.0 Å². The zero-order valence-electron chi connectivity index (χ0n) is 13.3. The van der Waals surface area contributed by atoms with E-state index in [1.54, 1.807) is 0 Å². The van der Waals surface area contributed by atoms with E-state index in [0.29, 0.717) is 0 Å². The van der Waals surface area contributed by atoms with Gasteiger partial charge in [0.05, 0.1) is 0 Å². The van der Waals surface area contributed by atoms with Gasteiger partial charge in [0.1, 0.15) is 0 Å². The molecule has 21 heavy (non-hydrogen) atoms. The van der Waals surface area contributed by atoms with E-state index in [4.69, 9.17) is 0 Å². The molecule has 0 saturated carbocycles. The maximum Gasteiger partial charge on any atom is 0.0236 e. The van der Waals surface area contributed by atoms with Crippen LogP contribution in [0.25, 0.3) is 10.8 Å². The number of likely N-dealkylation sites (tertiary alicyclic amines) is 1. The second kappa shape index (κ2) is 6.59. The lowest BCUT2D eigenvalue weighted by molar-refractivity contribution is 0.164. The number of hydrogen-bond donors (Lipinski definition) is 0. The van der Waals surface area contributed by atoms with Gasteiger partial charge in [0.2, 0.25) is 0 Å². The number of piperidine rings is 1. The SMILES string of the molecule is CN1CCCC(CN(C)Cc2cccc3ccccc23)C1. The van der Waals surface area contributed by atoms with Gasteiger partial charge < -0.3 is 9.80 Å². The molecule has 1 unspecified atom stereocenters. The molecule has 0 spiro atoms. The quantitative estimate of drug-likeness (QED) is 0.845. The van der Waals surface area contributed by atoms with Crippen molar-refractivity contribution in [3.8, 4) is 0 Å². The average molecular weight is 282 g/mol. The maximum absolute atomic E-state index is 2.49. The zero-order valence-corrected chi connectivity index (χ0v) is 13.3. The summed E-state index contributed by atoms with van der Waals surface area (Å²) in [6.07, 6.45) is 2.73. The minimum Gasteiger partial charge on any atom is -0.306 e. The van der Waals surface area contributed by atoms with Crippen LogP contribution in [0.15, 0.2) is 42.5 Å². The van der Waals surface area contributed by atoms with Crippen molar-refractivity contribution >= 4 is 10.8 Å². The fourth-order valence-corrected chi connectivity index (χ4v) is 3.65. The third-order valence-electron chi connectivity index (χ3n) is 4.61. The second-order valence-electron chi connectivity index (χ2n) is 6.61. The van der Waals surface area contributed by atoms with Crippen molar-refractivity contribution in [2.45, 2.75) is 19.4 Å². The summed E-state index contributed by atoms with van der Waals surface area (Å²) in [5.74, 6) is 0.823. The van der Waals surface area contributed by atoms with Crippen LogP contribution in [0.4, 0.5) is 0 Å². The van der Waals surface area contributed by atoms with E-state index in [0.717, 1.165) is 12.5 Å². The summed E-state index contributed by atoms with van der Waals surface area (Å²) < 4.78 is 0. The van der Waals surface area contributed by atoms with Crippen LogP contribution in [0, 0.1) is 5.92 Å². The molecule has 2 heteroatoms. The fourth-order valence-electron chi connectivity index (χ4n) is 3.65. The fraction of sp³-hybridized carbons (Fsp3) is 0.474. The molecular formula is C19H26N2. The van der Waals surface area contributed by atoms with Crippen LogP contribution >= 0.6 is 0 Å². The Bertz CT molecular complexity index is 588. The summed E-state index contributed by atoms with van der Waals surface area (Å²) >= 11 is 0. The van der Waals surface area contributed by atoms with Crippen molar-refractivity contribution in [1.29, 1.82) is 0 Å². The lowest BCUT2D eigenvalue weighted by Gasteiger charge is -2.32. The van der Waals surface area contributed by atoms with Gasteiger partial charge in [-0.25, -0.2) is 0 Å². The Morgan fingerprint density at radius 2 is 1.95 bits per heavy atom. The molecule has 1 heterocycles. The monoisotopic (exact) mass is 282 g/mol. The molecule has 0 radical (unpaired) electrons. The topological polar surface area (TPSA) is 6.48 Å². The first-order valence-electron chi connectivity index (χ1n) is 8.06. The molecule has 3 rings (SSSR count). The Labute approximate surface area is 128 Å². The van der Waals surface area contributed by atoms with Gasteiger partial charge in [-0.2, -0.15) is 0 Å². The molecule has 0 bridgehead atoms. The molecule has 2 aromatic carbocycles. The summed E-state index contributed by atoms with van der Waals surface area (Å²) in [6.45, 7) is 4.76. The number of nitrogens with zero attached hydrogens (tertiary/aromatic N) is 2. The summed E-state index contributed by atoms with van der Waals surface area (Å²) in [6, 6.07) is 15.4. The normalized spacial score (nSPS) is 20.2. The predicted molar refractivity (Wildman–Crippen MR) is 90.5 cm³/mol. The molecule has 0 N–H and O–H groups in total. The molecule has 2 aromatic rings. The van der Waals surface area contributed by atoms with Crippen LogP contribution in [0.5, 0.6) is 0 Å². The van der Waals surface area contributed by atoms with Gasteiger partial charge in [-0.1, -0.05) is 42.5 Å². The van der Waals surface area contributed by atoms with Crippen molar-refractivity contribution in [2.24, 2.45) is 5.92 Å². The summed E-state index contributed by atoms with van der Waals surface area (Å²) in [5, 5.41) is 2.74. The molecule has 1 saturated heterocycles. The predicted octanol–water partition coefficient (Wildman–Crippen LogP) is 3.61. The highest BCUT2D eigenvalue weighted by molar-refractivity contribution is 5.85. The Balaban J connectivity index is 1.67. The molecule has 2 nitrogen and oxygen atoms in total. The Morgan fingerprint density at radius 3 is 2.81 bits per heavy atom. The number of hydrogen-bond acceptors (Lipinski definition) is 2. The first kappa shape index (κ1) is 14.6. The third-order valence-corrected chi connectivity index (χ3v) is 4.61. The van der Waals surface area contributed by atoms with E-state index in [-0.39, 0.29) is 0 Å². The smallest absolute Gasteiger partial charge is 0.0236 e. The largest absolute Gasteiger partial charge is 0.306 e. The molecule has 1 fully saturated rings. The van der Waals surface area contributed by atoms with Gasteiger partial charge in [0.25, 0.3) is 0 Å². The summed E-state index contributed by atoms with van der Waals surface area (Å²) in [4.78, 5) is 4.96. The lowest BCUT2D eigenvalue weighted by atomic mass is 9.97. The minimum atomic E-state index is 0.823. The lowest BCUT2D eigenvalue weighted by Crippen LogP contribution is -2.37.